The van der Waals surface area contributed by atoms with Crippen molar-refractivity contribution in [3.63, 3.8) is 0 Å². The molecule has 1 aliphatic rings. The Morgan fingerprint density at radius 2 is 1.82 bits per heavy atom. The summed E-state index contributed by atoms with van der Waals surface area (Å²) in [5.74, 6) is 2.06. The zero-order chi connectivity index (χ0) is 12.3. The van der Waals surface area contributed by atoms with E-state index in [1.807, 2.05) is 12.1 Å². The van der Waals surface area contributed by atoms with Crippen LogP contribution in [-0.4, -0.2) is 10.1 Å². The van der Waals surface area contributed by atoms with E-state index in [0.29, 0.717) is 5.92 Å². The average molecular weight is 233 g/mol. The summed E-state index contributed by atoms with van der Waals surface area (Å²) in [6.07, 6.45) is 8.05. The Labute approximate surface area is 104 Å². The minimum Gasteiger partial charge on any atom is -0.388 e. The molecule has 1 fully saturated rings. The first-order valence-electron chi connectivity index (χ1n) is 6.76. The van der Waals surface area contributed by atoms with Gasteiger partial charge in [-0.25, -0.2) is 0 Å². The summed E-state index contributed by atoms with van der Waals surface area (Å²) in [6.45, 7) is 4.62. The molecule has 1 saturated carbocycles. The van der Waals surface area contributed by atoms with Crippen molar-refractivity contribution >= 4 is 0 Å². The Morgan fingerprint density at radius 3 is 2.35 bits per heavy atom. The third-order valence-corrected chi connectivity index (χ3v) is 4.23. The van der Waals surface area contributed by atoms with Crippen molar-refractivity contribution in [1.29, 1.82) is 0 Å². The van der Waals surface area contributed by atoms with Gasteiger partial charge >= 0.3 is 0 Å². The van der Waals surface area contributed by atoms with Crippen molar-refractivity contribution in [1.82, 2.24) is 4.98 Å². The molecule has 2 rings (SSSR count). The van der Waals surface area contributed by atoms with Crippen LogP contribution in [0.3, 0.4) is 0 Å². The molecular weight excluding hydrogens is 210 g/mol. The normalized spacial score (nSPS) is 27.1. The molecule has 0 saturated heterocycles. The second-order valence-corrected chi connectivity index (χ2v) is 5.65. The van der Waals surface area contributed by atoms with Crippen molar-refractivity contribution < 1.29 is 5.11 Å². The van der Waals surface area contributed by atoms with Crippen LogP contribution >= 0.6 is 0 Å². The smallest absolute Gasteiger partial charge is 0.0833 e. The zero-order valence-corrected chi connectivity index (χ0v) is 10.8. The van der Waals surface area contributed by atoms with E-state index in [4.69, 9.17) is 0 Å². The number of aliphatic hydroxyl groups is 1. The largest absolute Gasteiger partial charge is 0.388 e. The van der Waals surface area contributed by atoms with Crippen LogP contribution in [-0.2, 0) is 0 Å². The number of aliphatic hydroxyl groups excluding tert-OH is 1. The van der Waals surface area contributed by atoms with E-state index >= 15 is 0 Å². The van der Waals surface area contributed by atoms with Crippen molar-refractivity contribution in [2.45, 2.75) is 45.6 Å². The third-order valence-electron chi connectivity index (χ3n) is 4.23. The Morgan fingerprint density at radius 1 is 1.18 bits per heavy atom. The molecule has 2 heteroatoms. The van der Waals surface area contributed by atoms with E-state index in [9.17, 15) is 5.11 Å². The van der Waals surface area contributed by atoms with Gasteiger partial charge in [-0.05, 0) is 55.1 Å². The Balaban J connectivity index is 1.93. The molecule has 1 heterocycles. The highest BCUT2D eigenvalue weighted by Crippen LogP contribution is 2.38. The maximum Gasteiger partial charge on any atom is 0.0833 e. The highest BCUT2D eigenvalue weighted by Gasteiger charge is 2.28. The first-order chi connectivity index (χ1) is 8.18. The minimum atomic E-state index is -0.322. The summed E-state index contributed by atoms with van der Waals surface area (Å²) >= 11 is 0. The first-order valence-corrected chi connectivity index (χ1v) is 6.76. The zero-order valence-electron chi connectivity index (χ0n) is 10.8. The number of pyridine rings is 1. The second kappa shape index (κ2) is 5.63. The van der Waals surface area contributed by atoms with Gasteiger partial charge in [0.05, 0.1) is 6.10 Å². The van der Waals surface area contributed by atoms with E-state index in [1.54, 1.807) is 12.4 Å². The Bertz CT molecular complexity index is 328. The number of hydrogen-bond donors (Lipinski definition) is 1. The quantitative estimate of drug-likeness (QED) is 0.865. The predicted molar refractivity (Wildman–Crippen MR) is 69.5 cm³/mol. The van der Waals surface area contributed by atoms with E-state index in [1.165, 1.54) is 12.8 Å². The third kappa shape index (κ3) is 3.06. The maximum atomic E-state index is 10.3. The van der Waals surface area contributed by atoms with Crippen LogP contribution in [0, 0.1) is 17.8 Å². The Hall–Kier alpha value is -0.890. The topological polar surface area (TPSA) is 33.1 Å². The molecule has 1 aromatic rings. The van der Waals surface area contributed by atoms with E-state index in [0.717, 1.165) is 30.2 Å². The fourth-order valence-electron chi connectivity index (χ4n) is 2.95. The second-order valence-electron chi connectivity index (χ2n) is 5.65. The van der Waals surface area contributed by atoms with Crippen LogP contribution in [0.25, 0.3) is 0 Å². The summed E-state index contributed by atoms with van der Waals surface area (Å²) in [5, 5.41) is 10.3. The van der Waals surface area contributed by atoms with Crippen molar-refractivity contribution in [3.8, 4) is 0 Å². The molecule has 1 aliphatic carbocycles. The highest BCUT2D eigenvalue weighted by atomic mass is 16.3. The average Bonchev–Trinajstić information content (AvgIpc) is 2.39. The first kappa shape index (κ1) is 12.6. The summed E-state index contributed by atoms with van der Waals surface area (Å²) in [7, 11) is 0. The monoisotopic (exact) mass is 233 g/mol. The van der Waals surface area contributed by atoms with Gasteiger partial charge in [-0.1, -0.05) is 19.9 Å². The van der Waals surface area contributed by atoms with Gasteiger partial charge in [0.25, 0.3) is 0 Å². The van der Waals surface area contributed by atoms with Gasteiger partial charge in [0, 0.05) is 12.4 Å². The minimum absolute atomic E-state index is 0.322. The van der Waals surface area contributed by atoms with Crippen molar-refractivity contribution in [3.05, 3.63) is 30.1 Å². The fourth-order valence-corrected chi connectivity index (χ4v) is 2.95. The van der Waals surface area contributed by atoms with E-state index in [2.05, 4.69) is 18.8 Å². The van der Waals surface area contributed by atoms with Crippen LogP contribution in [0.4, 0.5) is 0 Å². The van der Waals surface area contributed by atoms with Gasteiger partial charge < -0.3 is 5.11 Å². The fraction of sp³-hybridized carbons (Fsp3) is 0.667. The summed E-state index contributed by atoms with van der Waals surface area (Å²) < 4.78 is 0. The molecule has 94 valence electrons. The lowest BCUT2D eigenvalue weighted by Crippen LogP contribution is -2.23. The molecule has 0 aliphatic heterocycles. The van der Waals surface area contributed by atoms with Crippen LogP contribution < -0.4 is 0 Å². The Kier molecular flexibility index (Phi) is 4.16. The lowest BCUT2D eigenvalue weighted by Gasteiger charge is -2.33. The molecule has 0 bridgehead atoms. The van der Waals surface area contributed by atoms with Crippen LogP contribution in [0.5, 0.6) is 0 Å². The number of aromatic nitrogens is 1. The van der Waals surface area contributed by atoms with E-state index in [-0.39, 0.29) is 6.10 Å². The highest BCUT2D eigenvalue weighted by molar-refractivity contribution is 5.12. The molecule has 1 atom stereocenters. The van der Waals surface area contributed by atoms with Crippen molar-refractivity contribution in [2.75, 3.05) is 0 Å². The molecule has 1 aromatic heterocycles. The summed E-state index contributed by atoms with van der Waals surface area (Å²) in [6, 6.07) is 3.88. The lowest BCUT2D eigenvalue weighted by molar-refractivity contribution is 0.0665. The molecule has 0 amide bonds. The summed E-state index contributed by atoms with van der Waals surface area (Å²) in [5.41, 5.74) is 0.973. The predicted octanol–water partition coefficient (Wildman–Crippen LogP) is 3.58. The van der Waals surface area contributed by atoms with Crippen LogP contribution in [0.2, 0.25) is 0 Å². The van der Waals surface area contributed by atoms with Gasteiger partial charge in [-0.15, -0.1) is 0 Å². The van der Waals surface area contributed by atoms with Gasteiger partial charge in [0.1, 0.15) is 0 Å². The van der Waals surface area contributed by atoms with Gasteiger partial charge in [-0.2, -0.15) is 0 Å². The number of rotatable bonds is 3. The van der Waals surface area contributed by atoms with Gasteiger partial charge in [-0.3, -0.25) is 4.98 Å². The van der Waals surface area contributed by atoms with Gasteiger partial charge in [0.2, 0.25) is 0 Å². The van der Waals surface area contributed by atoms with Crippen LogP contribution in [0.15, 0.2) is 24.5 Å². The van der Waals surface area contributed by atoms with Crippen LogP contribution in [0.1, 0.15) is 51.2 Å². The molecule has 0 spiro atoms. The number of nitrogens with zero attached hydrogens (tertiary/aromatic N) is 1. The summed E-state index contributed by atoms with van der Waals surface area (Å²) in [4.78, 5) is 4.08. The standard InChI is InChI=1S/C15H23NO/c1-11(2)12-5-7-13(8-6-12)15(17)14-4-3-9-16-10-14/h3-4,9-13,15,17H,5-8H2,1-2H3. The molecule has 17 heavy (non-hydrogen) atoms. The molecule has 0 aromatic carbocycles. The maximum absolute atomic E-state index is 10.3. The molecule has 2 nitrogen and oxygen atoms in total. The van der Waals surface area contributed by atoms with E-state index < -0.39 is 0 Å². The molecule has 1 unspecified atom stereocenters. The van der Waals surface area contributed by atoms with Gasteiger partial charge in [0.15, 0.2) is 0 Å². The number of hydrogen-bond acceptors (Lipinski definition) is 2. The molecular formula is C15H23NO. The lowest BCUT2D eigenvalue weighted by atomic mass is 9.74. The molecule has 1 N–H and O–H groups in total. The van der Waals surface area contributed by atoms with Crippen molar-refractivity contribution in [2.24, 2.45) is 17.8 Å². The molecule has 0 radical (unpaired) electrons. The SMILES string of the molecule is CC(C)C1CCC(C(O)c2cccnc2)CC1.